The lowest BCUT2D eigenvalue weighted by molar-refractivity contribution is -0.143. The van der Waals surface area contributed by atoms with Crippen LogP contribution in [0, 0.1) is 0 Å². The number of esters is 1. The maximum atomic E-state index is 12.6. The summed E-state index contributed by atoms with van der Waals surface area (Å²) in [6.07, 6.45) is 2.07. The van der Waals surface area contributed by atoms with Crippen LogP contribution in [0.1, 0.15) is 19.8 Å². The van der Waals surface area contributed by atoms with Gasteiger partial charge in [-0.3, -0.25) is 9.59 Å². The summed E-state index contributed by atoms with van der Waals surface area (Å²) in [7, 11) is -2.02. The zero-order chi connectivity index (χ0) is 24.7. The largest absolute Gasteiger partial charge is 0.497 e. The third kappa shape index (κ3) is 6.49. The van der Waals surface area contributed by atoms with Crippen LogP contribution in [-0.4, -0.2) is 50.6 Å². The average molecular weight is 523 g/mol. The second-order valence-electron chi connectivity index (χ2n) is 7.21. The number of thioether (sulfide) groups is 1. The number of benzene rings is 2. The minimum absolute atomic E-state index is 0.0287. The quantitative estimate of drug-likeness (QED) is 0.296. The Bertz CT molecular complexity index is 1340. The van der Waals surface area contributed by atoms with E-state index in [1.807, 2.05) is 24.5 Å². The van der Waals surface area contributed by atoms with Gasteiger partial charge in [0.1, 0.15) is 12.3 Å². The summed E-state index contributed by atoms with van der Waals surface area (Å²) >= 11 is 2.90. The summed E-state index contributed by atoms with van der Waals surface area (Å²) in [6.45, 7) is 1.92. The first-order chi connectivity index (χ1) is 16.3. The zero-order valence-electron chi connectivity index (χ0n) is 19.1. The van der Waals surface area contributed by atoms with Crippen molar-refractivity contribution in [3.05, 3.63) is 47.3 Å². The number of carbonyl (C=O) groups excluding carboxylic acids is 2. The van der Waals surface area contributed by atoms with Gasteiger partial charge in [-0.1, -0.05) is 11.3 Å². The third-order valence-corrected chi connectivity index (χ3v) is 8.51. The molecule has 2 aromatic carbocycles. The number of hydrogen-bond acceptors (Lipinski definition) is 8. The summed E-state index contributed by atoms with van der Waals surface area (Å²) in [6, 6.07) is 12.0. The molecule has 34 heavy (non-hydrogen) atoms. The van der Waals surface area contributed by atoms with E-state index >= 15 is 0 Å². The van der Waals surface area contributed by atoms with Crippen molar-refractivity contribution in [1.82, 2.24) is 4.57 Å². The van der Waals surface area contributed by atoms with E-state index < -0.39 is 21.7 Å². The van der Waals surface area contributed by atoms with Crippen LogP contribution in [-0.2, 0) is 30.7 Å². The van der Waals surface area contributed by atoms with E-state index in [1.165, 1.54) is 30.6 Å². The lowest BCUT2D eigenvalue weighted by atomic mass is 10.3. The second kappa shape index (κ2) is 11.7. The average Bonchev–Trinajstić information content (AvgIpc) is 3.14. The lowest BCUT2D eigenvalue weighted by Gasteiger charge is -2.06. The van der Waals surface area contributed by atoms with Crippen LogP contribution in [0.3, 0.4) is 0 Å². The van der Waals surface area contributed by atoms with Crippen molar-refractivity contribution in [2.75, 3.05) is 25.7 Å². The molecule has 0 saturated carbocycles. The Kier molecular flexibility index (Phi) is 8.92. The van der Waals surface area contributed by atoms with E-state index in [1.54, 1.807) is 35.4 Å². The maximum Gasteiger partial charge on any atom is 0.326 e. The number of carbonyl (C=O) groups is 2. The van der Waals surface area contributed by atoms with E-state index in [-0.39, 0.29) is 36.6 Å². The van der Waals surface area contributed by atoms with Gasteiger partial charge < -0.3 is 14.0 Å². The van der Waals surface area contributed by atoms with Crippen molar-refractivity contribution in [2.24, 2.45) is 4.99 Å². The molecule has 0 unspecified atom stereocenters. The van der Waals surface area contributed by atoms with E-state index in [4.69, 9.17) is 9.47 Å². The number of aromatic nitrogens is 1. The summed E-state index contributed by atoms with van der Waals surface area (Å²) < 4.78 is 37.8. The molecule has 0 N–H and O–H groups in total. The predicted octanol–water partition coefficient (Wildman–Crippen LogP) is 3.68. The molecule has 0 fully saturated rings. The highest BCUT2D eigenvalue weighted by Gasteiger charge is 2.16. The standard InChI is InChI=1S/C23H26N2O6S3/c1-4-31-22(27)15-25-19-12-9-17(32-3)14-20(19)33-23(25)24-21(26)6-5-13-34(28,29)18-10-7-16(30-2)8-11-18/h7-12,14H,4-6,13,15H2,1-3H3. The molecule has 0 bridgehead atoms. The van der Waals surface area contributed by atoms with Gasteiger partial charge >= 0.3 is 5.97 Å². The van der Waals surface area contributed by atoms with Crippen LogP contribution in [0.15, 0.2) is 57.2 Å². The van der Waals surface area contributed by atoms with E-state index in [0.29, 0.717) is 10.6 Å². The Morgan fingerprint density at radius 1 is 1.15 bits per heavy atom. The zero-order valence-corrected chi connectivity index (χ0v) is 21.6. The third-order valence-electron chi connectivity index (χ3n) is 4.93. The fourth-order valence-corrected chi connectivity index (χ4v) is 6.14. The first-order valence-corrected chi connectivity index (χ1v) is 14.2. The van der Waals surface area contributed by atoms with Gasteiger partial charge in [-0.25, -0.2) is 8.42 Å². The molecular formula is C23H26N2O6S3. The SMILES string of the molecule is CCOC(=O)Cn1c(=NC(=O)CCCS(=O)(=O)c2ccc(OC)cc2)sc2cc(SC)ccc21. The molecule has 0 aliphatic carbocycles. The molecule has 8 nitrogen and oxygen atoms in total. The predicted molar refractivity (Wildman–Crippen MR) is 133 cm³/mol. The summed E-state index contributed by atoms with van der Waals surface area (Å²) in [5, 5.41) is 0. The van der Waals surface area contributed by atoms with E-state index in [9.17, 15) is 18.0 Å². The molecule has 0 aliphatic rings. The molecule has 1 aromatic heterocycles. The topological polar surface area (TPSA) is 104 Å². The molecule has 1 amide bonds. The number of thiazole rings is 1. The Balaban J connectivity index is 1.78. The number of amides is 1. The molecule has 0 saturated heterocycles. The smallest absolute Gasteiger partial charge is 0.326 e. The van der Waals surface area contributed by atoms with Crippen molar-refractivity contribution >= 4 is 55.0 Å². The lowest BCUT2D eigenvalue weighted by Crippen LogP contribution is -2.23. The van der Waals surface area contributed by atoms with Crippen molar-refractivity contribution in [1.29, 1.82) is 0 Å². The number of ether oxygens (including phenoxy) is 2. The maximum absolute atomic E-state index is 12.6. The van der Waals surface area contributed by atoms with Crippen LogP contribution < -0.4 is 9.54 Å². The fraction of sp³-hybridized carbons (Fsp3) is 0.348. The second-order valence-corrected chi connectivity index (χ2v) is 11.2. The van der Waals surface area contributed by atoms with Gasteiger partial charge in [0.15, 0.2) is 14.6 Å². The van der Waals surface area contributed by atoms with Crippen molar-refractivity contribution in [3.63, 3.8) is 0 Å². The molecule has 0 atom stereocenters. The van der Waals surface area contributed by atoms with Crippen LogP contribution >= 0.6 is 23.1 Å². The van der Waals surface area contributed by atoms with Crippen molar-refractivity contribution in [3.8, 4) is 5.75 Å². The number of rotatable bonds is 10. The summed E-state index contributed by atoms with van der Waals surface area (Å²) in [4.78, 5) is 30.5. The summed E-state index contributed by atoms with van der Waals surface area (Å²) in [5.41, 5.74) is 0.782. The van der Waals surface area contributed by atoms with Gasteiger partial charge in [-0.15, -0.1) is 11.8 Å². The number of nitrogens with zero attached hydrogens (tertiary/aromatic N) is 2. The fourth-order valence-electron chi connectivity index (χ4n) is 3.23. The van der Waals surface area contributed by atoms with Crippen molar-refractivity contribution in [2.45, 2.75) is 36.1 Å². The molecule has 3 aromatic rings. The van der Waals surface area contributed by atoms with Crippen molar-refractivity contribution < 1.29 is 27.5 Å². The Morgan fingerprint density at radius 3 is 2.53 bits per heavy atom. The highest BCUT2D eigenvalue weighted by molar-refractivity contribution is 7.98. The molecule has 0 aliphatic heterocycles. The minimum atomic E-state index is -3.53. The number of hydrogen-bond donors (Lipinski definition) is 0. The van der Waals surface area contributed by atoms with Gasteiger partial charge in [-0.05, 0) is 62.1 Å². The van der Waals surface area contributed by atoms with E-state index in [0.717, 1.165) is 15.1 Å². The normalized spacial score (nSPS) is 12.1. The minimum Gasteiger partial charge on any atom is -0.497 e. The van der Waals surface area contributed by atoms with Gasteiger partial charge in [0.05, 0.1) is 34.6 Å². The highest BCUT2D eigenvalue weighted by atomic mass is 32.2. The Labute approximate surface area is 206 Å². The van der Waals surface area contributed by atoms with Gasteiger partial charge in [0.2, 0.25) is 5.91 Å². The number of sulfone groups is 1. The first-order valence-electron chi connectivity index (χ1n) is 10.5. The van der Waals surface area contributed by atoms with Crippen LogP contribution in [0.5, 0.6) is 5.75 Å². The molecule has 0 radical (unpaired) electrons. The Morgan fingerprint density at radius 2 is 1.88 bits per heavy atom. The van der Waals surface area contributed by atoms with Gasteiger partial charge in [0.25, 0.3) is 0 Å². The monoisotopic (exact) mass is 522 g/mol. The Hall–Kier alpha value is -2.63. The molecule has 1 heterocycles. The molecular weight excluding hydrogens is 496 g/mol. The van der Waals surface area contributed by atoms with Gasteiger partial charge in [0, 0.05) is 11.3 Å². The molecule has 182 valence electrons. The van der Waals surface area contributed by atoms with Crippen LogP contribution in [0.4, 0.5) is 0 Å². The molecule has 0 spiro atoms. The van der Waals surface area contributed by atoms with Gasteiger partial charge in [-0.2, -0.15) is 4.99 Å². The van der Waals surface area contributed by atoms with Crippen LogP contribution in [0.2, 0.25) is 0 Å². The highest BCUT2D eigenvalue weighted by Crippen LogP contribution is 2.24. The molecule has 11 heteroatoms. The number of fused-ring (bicyclic) bond motifs is 1. The molecule has 3 rings (SSSR count). The van der Waals surface area contributed by atoms with Crippen LogP contribution in [0.25, 0.3) is 10.2 Å². The summed E-state index contributed by atoms with van der Waals surface area (Å²) in [5.74, 6) is -0.473. The number of methoxy groups -OCH3 is 1. The van der Waals surface area contributed by atoms with E-state index in [2.05, 4.69) is 4.99 Å². The first kappa shape index (κ1) is 26.0.